The number of anilines is 1. The summed E-state index contributed by atoms with van der Waals surface area (Å²) in [5, 5.41) is 0. The molecule has 1 atom stereocenters. The fourth-order valence-electron chi connectivity index (χ4n) is 6.13. The van der Waals surface area contributed by atoms with Crippen LogP contribution in [-0.4, -0.2) is 17.3 Å². The molecule has 2 aliphatic rings. The Morgan fingerprint density at radius 3 is 1.82 bits per heavy atom. The van der Waals surface area contributed by atoms with Crippen molar-refractivity contribution in [3.8, 4) is 11.1 Å². The Labute approximate surface area is 253 Å². The quantitative estimate of drug-likeness (QED) is 0.328. The fraction of sp³-hybridized carbons (Fsp3) is 0.171. The summed E-state index contributed by atoms with van der Waals surface area (Å²) in [5.41, 5.74) is 13.0. The van der Waals surface area contributed by atoms with E-state index in [-0.39, 0.29) is 24.8 Å². The van der Waals surface area contributed by atoms with Crippen molar-refractivity contribution in [2.24, 2.45) is 0 Å². The Hall–Kier alpha value is -2.51. The number of hydrogen-bond acceptors (Lipinski definition) is 1. The molecule has 0 aliphatic heterocycles. The molecule has 0 amide bonds. The Kier molecular flexibility index (Phi) is 9.33. The molecular weight excluding hydrogens is 597 g/mol. The summed E-state index contributed by atoms with van der Waals surface area (Å²) in [4.78, 5) is 2.28. The average molecular weight is 630 g/mol. The van der Waals surface area contributed by atoms with Crippen LogP contribution >= 0.6 is 0 Å². The summed E-state index contributed by atoms with van der Waals surface area (Å²) in [7, 11) is 4.35. The first-order chi connectivity index (χ1) is 18.0. The molecule has 4 aromatic rings. The maximum Gasteiger partial charge on any atom is -1.00 e. The molecule has 0 saturated carbocycles. The van der Waals surface area contributed by atoms with Crippen LogP contribution < -0.4 is 29.7 Å². The topological polar surface area (TPSA) is 3.24 Å². The van der Waals surface area contributed by atoms with E-state index in [1.807, 2.05) is 0 Å². The van der Waals surface area contributed by atoms with E-state index in [1.165, 1.54) is 50.2 Å². The van der Waals surface area contributed by atoms with Gasteiger partial charge < -0.3 is 24.8 Å². The summed E-state index contributed by atoms with van der Waals surface area (Å²) >= 11 is -2.63. The van der Waals surface area contributed by atoms with Gasteiger partial charge in [0.25, 0.3) is 0 Å². The van der Waals surface area contributed by atoms with Crippen LogP contribution in [0.5, 0.6) is 0 Å². The van der Waals surface area contributed by atoms with Crippen molar-refractivity contribution in [3.63, 3.8) is 0 Å². The van der Waals surface area contributed by atoms with Gasteiger partial charge in [-0.1, -0.05) is 0 Å². The second kappa shape index (κ2) is 12.3. The molecule has 196 valence electrons. The van der Waals surface area contributed by atoms with Gasteiger partial charge in [0.05, 0.1) is 0 Å². The van der Waals surface area contributed by atoms with Crippen LogP contribution in [0.25, 0.3) is 11.1 Å². The summed E-state index contributed by atoms with van der Waals surface area (Å²) in [6.07, 6.45) is 3.68. The smallest absolute Gasteiger partial charge is 1.00 e. The molecule has 2 aliphatic carbocycles. The molecule has 0 spiro atoms. The zero-order valence-electron chi connectivity index (χ0n) is 22.9. The standard InChI is InChI=1S/C15H14N.C13H10.C7H9.2ClH.Zr/c1-16(2)14-9-5-7-12-10-11-6-3-4-8-13(11)15(12)14;1-3-7-12(8-4-1)11-13-9-5-2-6-10-13;1-6-4-3-5-7(6)2;;;/h3-10H,1-2H3;1-10H;4H,5H2,1-2H3;2*1H;/q;;;;;+2/p-2. The minimum atomic E-state index is -2.63. The van der Waals surface area contributed by atoms with E-state index in [2.05, 4.69) is 142 Å². The van der Waals surface area contributed by atoms with Crippen LogP contribution in [0.15, 0.2) is 124 Å². The Morgan fingerprint density at radius 2 is 1.26 bits per heavy atom. The number of fused-ring (bicyclic) bond motifs is 3. The largest absolute Gasteiger partial charge is 1.00 e. The Balaban J connectivity index is 0.00000176. The SMILES string of the molecule is CC1=C(C)C[C]([Zr+2](=[C](c2ccccc2)c2ccccc2)[CH]2c3ccccc3-c3c2cccc3N(C)C)=C1.[Cl-].[Cl-]. The minimum absolute atomic E-state index is 0. The second-order valence-electron chi connectivity index (χ2n) is 10.5. The maximum atomic E-state index is 2.56. The molecule has 0 bridgehead atoms. The van der Waals surface area contributed by atoms with Crippen molar-refractivity contribution in [3.05, 3.63) is 146 Å². The van der Waals surface area contributed by atoms with Gasteiger partial charge in [0.1, 0.15) is 0 Å². The van der Waals surface area contributed by atoms with Gasteiger partial charge in [-0.3, -0.25) is 0 Å². The fourth-order valence-corrected chi connectivity index (χ4v) is 15.7. The summed E-state index contributed by atoms with van der Waals surface area (Å²) < 4.78 is 3.76. The van der Waals surface area contributed by atoms with Crippen molar-refractivity contribution in [1.29, 1.82) is 0 Å². The first-order valence-corrected chi connectivity index (χ1v) is 17.0. The summed E-state index contributed by atoms with van der Waals surface area (Å²) in [5.74, 6) is 0. The van der Waals surface area contributed by atoms with E-state index in [4.69, 9.17) is 0 Å². The minimum Gasteiger partial charge on any atom is -1.00 e. The van der Waals surface area contributed by atoms with Gasteiger partial charge in [0.2, 0.25) is 0 Å². The molecule has 39 heavy (non-hydrogen) atoms. The third-order valence-corrected chi connectivity index (χ3v) is 16.1. The van der Waals surface area contributed by atoms with Crippen molar-refractivity contribution in [1.82, 2.24) is 0 Å². The van der Waals surface area contributed by atoms with Gasteiger partial charge in [0, 0.05) is 0 Å². The summed E-state index contributed by atoms with van der Waals surface area (Å²) in [6.45, 7) is 4.62. The van der Waals surface area contributed by atoms with Gasteiger partial charge in [-0.2, -0.15) is 0 Å². The predicted octanol–water partition coefficient (Wildman–Crippen LogP) is 2.34. The molecule has 0 fully saturated rings. The normalized spacial score (nSPS) is 14.7. The number of halogens is 2. The zero-order chi connectivity index (χ0) is 25.5. The Bertz CT molecular complexity index is 1540. The van der Waals surface area contributed by atoms with Crippen molar-refractivity contribution < 1.29 is 46.1 Å². The number of nitrogens with zero attached hydrogens (tertiary/aromatic N) is 1. The molecule has 1 unspecified atom stereocenters. The molecule has 4 heteroatoms. The van der Waals surface area contributed by atoms with Gasteiger partial charge in [-0.25, -0.2) is 0 Å². The molecule has 4 aromatic carbocycles. The van der Waals surface area contributed by atoms with Crippen LogP contribution in [0.4, 0.5) is 5.69 Å². The second-order valence-corrected chi connectivity index (χ2v) is 16.7. The molecule has 0 heterocycles. The maximum absolute atomic E-state index is 2.63. The number of hydrogen-bond donors (Lipinski definition) is 0. The molecule has 0 saturated heterocycles. The molecule has 0 radical (unpaired) electrons. The van der Waals surface area contributed by atoms with Gasteiger partial charge in [0.15, 0.2) is 0 Å². The van der Waals surface area contributed by atoms with E-state index >= 15 is 0 Å². The first-order valence-electron chi connectivity index (χ1n) is 13.2. The Morgan fingerprint density at radius 1 is 0.692 bits per heavy atom. The van der Waals surface area contributed by atoms with Crippen molar-refractivity contribution in [2.45, 2.75) is 23.9 Å². The van der Waals surface area contributed by atoms with Crippen LogP contribution in [0, 0.1) is 0 Å². The van der Waals surface area contributed by atoms with Crippen LogP contribution in [0.2, 0.25) is 0 Å². The van der Waals surface area contributed by atoms with E-state index in [0.29, 0.717) is 3.63 Å². The number of rotatable bonds is 5. The van der Waals surface area contributed by atoms with Crippen LogP contribution in [0.1, 0.15) is 46.1 Å². The van der Waals surface area contributed by atoms with E-state index in [1.54, 1.807) is 6.49 Å². The van der Waals surface area contributed by atoms with Crippen molar-refractivity contribution >= 4 is 8.89 Å². The zero-order valence-corrected chi connectivity index (χ0v) is 26.8. The monoisotopic (exact) mass is 627 g/mol. The van der Waals surface area contributed by atoms with Gasteiger partial charge in [-0.05, 0) is 0 Å². The average Bonchev–Trinajstić information content (AvgIpc) is 3.44. The molecule has 1 nitrogen and oxygen atoms in total. The van der Waals surface area contributed by atoms with Crippen molar-refractivity contribution in [2.75, 3.05) is 19.0 Å². The van der Waals surface area contributed by atoms with E-state index < -0.39 is 21.3 Å². The van der Waals surface area contributed by atoms with Gasteiger partial charge in [-0.15, -0.1) is 0 Å². The van der Waals surface area contributed by atoms with Crippen LogP contribution in [0.3, 0.4) is 0 Å². The van der Waals surface area contributed by atoms with E-state index in [0.717, 1.165) is 6.42 Å². The molecule has 0 N–H and O–H groups in total. The number of allylic oxidation sites excluding steroid dienone is 4. The number of benzene rings is 4. The molecular formula is C35H33Cl2NZr. The molecule has 0 aromatic heterocycles. The third kappa shape index (κ3) is 5.32. The van der Waals surface area contributed by atoms with E-state index in [9.17, 15) is 0 Å². The third-order valence-electron chi connectivity index (χ3n) is 7.96. The summed E-state index contributed by atoms with van der Waals surface area (Å²) in [6, 6.07) is 38.7. The van der Waals surface area contributed by atoms with Gasteiger partial charge >= 0.3 is 230 Å². The predicted molar refractivity (Wildman–Crippen MR) is 155 cm³/mol. The molecule has 6 rings (SSSR count). The van der Waals surface area contributed by atoms with Crippen LogP contribution in [-0.2, 0) is 21.3 Å². The first kappa shape index (κ1) is 29.5.